The van der Waals surface area contributed by atoms with E-state index in [1.807, 2.05) is 6.92 Å². The van der Waals surface area contributed by atoms with Gasteiger partial charge in [0.05, 0.1) is 0 Å². The molecule has 20 heavy (non-hydrogen) atoms. The van der Waals surface area contributed by atoms with E-state index in [1.165, 1.54) is 0 Å². The molecule has 0 aliphatic rings. The number of hydrogen-bond donors (Lipinski definition) is 2. The molecule has 1 aromatic rings. The predicted octanol–water partition coefficient (Wildman–Crippen LogP) is 2.87. The van der Waals surface area contributed by atoms with Gasteiger partial charge in [0.2, 0.25) is 0 Å². The maximum atomic E-state index is 12.0. The van der Waals surface area contributed by atoms with E-state index in [-0.39, 0.29) is 18.5 Å². The lowest BCUT2D eigenvalue weighted by Crippen LogP contribution is -2.41. The van der Waals surface area contributed by atoms with Gasteiger partial charge in [0, 0.05) is 23.2 Å². The molecule has 0 aliphatic carbocycles. The summed E-state index contributed by atoms with van der Waals surface area (Å²) >= 11 is 6.06. The lowest BCUT2D eigenvalue weighted by molar-refractivity contribution is -0.127. The van der Waals surface area contributed by atoms with E-state index < -0.39 is 6.10 Å². The van der Waals surface area contributed by atoms with Crippen LogP contribution < -0.4 is 15.8 Å². The van der Waals surface area contributed by atoms with Gasteiger partial charge in [-0.1, -0.05) is 31.0 Å². The molecule has 1 amide bonds. The average Bonchev–Trinajstić information content (AvgIpc) is 2.39. The Morgan fingerprint density at radius 3 is 2.75 bits per heavy atom. The molecule has 2 unspecified atom stereocenters. The van der Waals surface area contributed by atoms with Gasteiger partial charge in [-0.25, -0.2) is 0 Å². The summed E-state index contributed by atoms with van der Waals surface area (Å²) in [6.45, 7) is 6.06. The molecule has 5 heteroatoms. The summed E-state index contributed by atoms with van der Waals surface area (Å²) in [5, 5.41) is 3.48. The Balaban J connectivity index is 2.68. The van der Waals surface area contributed by atoms with Gasteiger partial charge >= 0.3 is 0 Å². The molecule has 0 fully saturated rings. The van der Waals surface area contributed by atoms with E-state index in [2.05, 4.69) is 12.2 Å². The molecule has 0 aliphatic heterocycles. The zero-order valence-electron chi connectivity index (χ0n) is 12.3. The molecule has 0 spiro atoms. The van der Waals surface area contributed by atoms with E-state index in [0.717, 1.165) is 18.4 Å². The number of amides is 1. The number of rotatable bonds is 7. The zero-order valence-corrected chi connectivity index (χ0v) is 13.0. The van der Waals surface area contributed by atoms with Crippen molar-refractivity contribution in [2.75, 3.05) is 0 Å². The first kappa shape index (κ1) is 16.8. The van der Waals surface area contributed by atoms with Gasteiger partial charge in [0.25, 0.3) is 5.91 Å². The summed E-state index contributed by atoms with van der Waals surface area (Å²) in [6.07, 6.45) is 1.39. The molecular weight excluding hydrogens is 276 g/mol. The number of nitrogens with one attached hydrogen (secondary N) is 1. The molecule has 0 radical (unpaired) electrons. The monoisotopic (exact) mass is 298 g/mol. The first-order valence-corrected chi connectivity index (χ1v) is 7.31. The summed E-state index contributed by atoms with van der Waals surface area (Å²) in [6, 6.07) is 5.45. The van der Waals surface area contributed by atoms with Crippen molar-refractivity contribution >= 4 is 17.5 Å². The fraction of sp³-hybridized carbons (Fsp3) is 0.533. The number of nitrogens with two attached hydrogens (primary N) is 1. The summed E-state index contributed by atoms with van der Waals surface area (Å²) in [7, 11) is 0. The van der Waals surface area contributed by atoms with E-state index in [1.54, 1.807) is 25.1 Å². The van der Waals surface area contributed by atoms with Gasteiger partial charge in [-0.2, -0.15) is 0 Å². The lowest BCUT2D eigenvalue weighted by Gasteiger charge is -2.20. The van der Waals surface area contributed by atoms with Crippen molar-refractivity contribution in [3.8, 4) is 5.75 Å². The van der Waals surface area contributed by atoms with Gasteiger partial charge in [-0.05, 0) is 32.4 Å². The molecule has 1 aromatic carbocycles. The molecule has 0 saturated carbocycles. The zero-order chi connectivity index (χ0) is 15.1. The molecule has 0 bridgehead atoms. The molecule has 0 aromatic heterocycles. The van der Waals surface area contributed by atoms with Crippen molar-refractivity contribution in [1.29, 1.82) is 0 Å². The van der Waals surface area contributed by atoms with E-state index >= 15 is 0 Å². The third-order valence-electron chi connectivity index (χ3n) is 3.06. The molecule has 0 saturated heterocycles. The first-order chi connectivity index (χ1) is 9.49. The Labute approximate surface area is 125 Å². The van der Waals surface area contributed by atoms with Crippen molar-refractivity contribution in [2.24, 2.45) is 5.73 Å². The maximum absolute atomic E-state index is 12.0. The highest BCUT2D eigenvalue weighted by molar-refractivity contribution is 6.31. The number of carbonyl (C=O) groups is 1. The van der Waals surface area contributed by atoms with E-state index in [0.29, 0.717) is 10.8 Å². The van der Waals surface area contributed by atoms with Gasteiger partial charge in [0.15, 0.2) is 6.10 Å². The molecule has 0 heterocycles. The third-order valence-corrected chi connectivity index (χ3v) is 3.42. The van der Waals surface area contributed by atoms with Crippen molar-refractivity contribution < 1.29 is 9.53 Å². The minimum absolute atomic E-state index is 0.131. The Morgan fingerprint density at radius 1 is 1.45 bits per heavy atom. The van der Waals surface area contributed by atoms with Crippen LogP contribution in [0.3, 0.4) is 0 Å². The Kier molecular flexibility index (Phi) is 6.82. The summed E-state index contributed by atoms with van der Waals surface area (Å²) in [4.78, 5) is 12.0. The molecule has 1 rings (SSSR count). The van der Waals surface area contributed by atoms with Crippen molar-refractivity contribution in [1.82, 2.24) is 5.32 Å². The van der Waals surface area contributed by atoms with Crippen LogP contribution in [0.15, 0.2) is 18.2 Å². The molecule has 4 nitrogen and oxygen atoms in total. The molecule has 2 atom stereocenters. The lowest BCUT2D eigenvalue weighted by atomic mass is 10.2. The van der Waals surface area contributed by atoms with Gasteiger partial charge < -0.3 is 15.8 Å². The van der Waals surface area contributed by atoms with Crippen LogP contribution in [0.4, 0.5) is 0 Å². The molecule has 3 N–H and O–H groups in total. The number of hydrogen-bond acceptors (Lipinski definition) is 3. The second-order valence-electron chi connectivity index (χ2n) is 4.88. The average molecular weight is 299 g/mol. The number of halogens is 1. The minimum Gasteiger partial charge on any atom is -0.481 e. The first-order valence-electron chi connectivity index (χ1n) is 6.94. The van der Waals surface area contributed by atoms with E-state index in [9.17, 15) is 4.79 Å². The molecular formula is C15H23ClN2O2. The van der Waals surface area contributed by atoms with Gasteiger partial charge in [-0.3, -0.25) is 4.79 Å². The second kappa shape index (κ2) is 8.12. The Hall–Kier alpha value is -1.26. The number of ether oxygens (including phenoxy) is 1. The predicted molar refractivity (Wildman–Crippen MR) is 81.9 cm³/mol. The topological polar surface area (TPSA) is 64.3 Å². The fourth-order valence-electron chi connectivity index (χ4n) is 1.96. The summed E-state index contributed by atoms with van der Waals surface area (Å²) in [5.74, 6) is 0.430. The highest BCUT2D eigenvalue weighted by atomic mass is 35.5. The summed E-state index contributed by atoms with van der Waals surface area (Å²) in [5.41, 5.74) is 6.38. The Morgan fingerprint density at radius 2 is 2.15 bits per heavy atom. The van der Waals surface area contributed by atoms with Crippen LogP contribution in [0.2, 0.25) is 5.02 Å². The van der Waals surface area contributed by atoms with Crippen LogP contribution in [0, 0.1) is 0 Å². The van der Waals surface area contributed by atoms with E-state index in [4.69, 9.17) is 22.1 Å². The number of carbonyl (C=O) groups excluding carboxylic acids is 1. The SMILES string of the molecule is CCCC(C)NC(=O)C(C)Oc1cccc(Cl)c1CN. The smallest absolute Gasteiger partial charge is 0.260 e. The van der Waals surface area contributed by atoms with Crippen molar-refractivity contribution in [2.45, 2.75) is 52.3 Å². The van der Waals surface area contributed by atoms with Crippen molar-refractivity contribution in [3.05, 3.63) is 28.8 Å². The highest BCUT2D eigenvalue weighted by Crippen LogP contribution is 2.26. The minimum atomic E-state index is -0.585. The fourth-order valence-corrected chi connectivity index (χ4v) is 2.20. The van der Waals surface area contributed by atoms with Crippen molar-refractivity contribution in [3.63, 3.8) is 0 Å². The standard InChI is InChI=1S/C15H23ClN2O2/c1-4-6-10(2)18-15(19)11(3)20-14-8-5-7-13(16)12(14)9-17/h5,7-8,10-11H,4,6,9,17H2,1-3H3,(H,18,19). The molecule has 112 valence electrons. The maximum Gasteiger partial charge on any atom is 0.260 e. The van der Waals surface area contributed by atoms with Crippen LogP contribution >= 0.6 is 11.6 Å². The Bertz CT molecular complexity index is 451. The largest absolute Gasteiger partial charge is 0.481 e. The normalized spacial score (nSPS) is 13.7. The highest BCUT2D eigenvalue weighted by Gasteiger charge is 2.18. The van der Waals surface area contributed by atoms with Gasteiger partial charge in [-0.15, -0.1) is 0 Å². The quantitative estimate of drug-likeness (QED) is 0.813. The van der Waals surface area contributed by atoms with Crippen LogP contribution in [-0.4, -0.2) is 18.1 Å². The van der Waals surface area contributed by atoms with Crippen LogP contribution in [0.5, 0.6) is 5.75 Å². The number of benzene rings is 1. The second-order valence-corrected chi connectivity index (χ2v) is 5.29. The summed E-state index contributed by atoms with van der Waals surface area (Å²) < 4.78 is 5.68. The third kappa shape index (κ3) is 4.69. The van der Waals surface area contributed by atoms with Crippen LogP contribution in [0.1, 0.15) is 39.2 Å². The van der Waals surface area contributed by atoms with Gasteiger partial charge in [0.1, 0.15) is 5.75 Å². The van der Waals surface area contributed by atoms with Crippen LogP contribution in [0.25, 0.3) is 0 Å². The van der Waals surface area contributed by atoms with Crippen LogP contribution in [-0.2, 0) is 11.3 Å².